The van der Waals surface area contributed by atoms with Crippen LogP contribution in [0.4, 0.5) is 0 Å². The van der Waals surface area contributed by atoms with Crippen LogP contribution in [-0.2, 0) is 14.8 Å². The molecule has 104 valence electrons. The van der Waals surface area contributed by atoms with E-state index in [0.29, 0.717) is 6.54 Å². The topological polar surface area (TPSA) is 89.3 Å². The fourth-order valence-electron chi connectivity index (χ4n) is 2.31. The molecule has 0 aliphatic heterocycles. The second-order valence-electron chi connectivity index (χ2n) is 5.08. The third-order valence-corrected chi connectivity index (χ3v) is 5.07. The summed E-state index contributed by atoms with van der Waals surface area (Å²) in [6, 6.07) is 7.87. The first-order valence-corrected chi connectivity index (χ1v) is 7.77. The molecule has 0 unspecified atom stereocenters. The third kappa shape index (κ3) is 3.13. The molecule has 1 fully saturated rings. The maximum atomic E-state index is 12.0. The molecule has 0 atom stereocenters. The highest BCUT2D eigenvalue weighted by Crippen LogP contribution is 2.42. The molecule has 0 heterocycles. The Morgan fingerprint density at radius 3 is 2.37 bits per heavy atom. The lowest BCUT2D eigenvalue weighted by Gasteiger charge is -2.40. The first kappa shape index (κ1) is 14.0. The van der Waals surface area contributed by atoms with Crippen LogP contribution in [0.5, 0.6) is 0 Å². The summed E-state index contributed by atoms with van der Waals surface area (Å²) in [4.78, 5) is 11.9. The smallest absolute Gasteiger partial charge is 0.264 e. The Labute approximate surface area is 113 Å². The molecule has 0 radical (unpaired) electrons. The van der Waals surface area contributed by atoms with Crippen LogP contribution >= 0.6 is 0 Å². The fourth-order valence-corrected chi connectivity index (χ4v) is 3.32. The summed E-state index contributed by atoms with van der Waals surface area (Å²) in [6.07, 6.45) is 3.01. The molecule has 0 aromatic heterocycles. The third-order valence-electron chi connectivity index (χ3n) is 3.68. The number of amides is 1. The van der Waals surface area contributed by atoms with Crippen molar-refractivity contribution < 1.29 is 13.2 Å². The molecule has 2 rings (SSSR count). The minimum absolute atomic E-state index is 0.0961. The Morgan fingerprint density at radius 1 is 1.26 bits per heavy atom. The van der Waals surface area contributed by atoms with Crippen LogP contribution in [0.1, 0.15) is 25.7 Å². The maximum Gasteiger partial charge on any atom is 0.264 e. The number of benzene rings is 1. The van der Waals surface area contributed by atoms with E-state index in [0.717, 1.165) is 19.3 Å². The zero-order chi connectivity index (χ0) is 13.9. The molecule has 0 bridgehead atoms. The van der Waals surface area contributed by atoms with Crippen LogP contribution < -0.4 is 10.5 Å². The lowest BCUT2D eigenvalue weighted by Crippen LogP contribution is -2.43. The Hall–Kier alpha value is -1.40. The second kappa shape index (κ2) is 5.30. The summed E-state index contributed by atoms with van der Waals surface area (Å²) in [7, 11) is -3.76. The molecule has 1 saturated carbocycles. The van der Waals surface area contributed by atoms with Gasteiger partial charge in [0.15, 0.2) is 0 Å². The molecule has 0 saturated heterocycles. The van der Waals surface area contributed by atoms with Gasteiger partial charge in [0.25, 0.3) is 10.0 Å². The van der Waals surface area contributed by atoms with Crippen molar-refractivity contribution in [2.24, 2.45) is 11.1 Å². The largest absolute Gasteiger partial charge is 0.330 e. The van der Waals surface area contributed by atoms with Gasteiger partial charge in [0, 0.05) is 6.42 Å². The Bertz CT molecular complexity index is 545. The highest BCUT2D eigenvalue weighted by Gasteiger charge is 2.38. The van der Waals surface area contributed by atoms with Crippen LogP contribution in [0, 0.1) is 5.41 Å². The van der Waals surface area contributed by atoms with Crippen molar-refractivity contribution in [3.63, 3.8) is 0 Å². The molecule has 1 aliphatic rings. The molecule has 5 nitrogen and oxygen atoms in total. The minimum Gasteiger partial charge on any atom is -0.330 e. The molecule has 6 heteroatoms. The van der Waals surface area contributed by atoms with Gasteiger partial charge in [0.1, 0.15) is 0 Å². The standard InChI is InChI=1S/C13H18N2O3S/c14-10-13(7-4-8-13)9-12(16)15-19(17,18)11-5-2-1-3-6-11/h1-3,5-6H,4,7-10,14H2,(H,15,16). The SMILES string of the molecule is NCC1(CC(=O)NS(=O)(=O)c2ccccc2)CCC1. The summed E-state index contributed by atoms with van der Waals surface area (Å²) in [5, 5.41) is 0. The van der Waals surface area contributed by atoms with Crippen LogP contribution in [0.25, 0.3) is 0 Å². The highest BCUT2D eigenvalue weighted by atomic mass is 32.2. The van der Waals surface area contributed by atoms with Gasteiger partial charge in [-0.1, -0.05) is 24.6 Å². The van der Waals surface area contributed by atoms with Crippen LogP contribution in [-0.4, -0.2) is 20.9 Å². The van der Waals surface area contributed by atoms with E-state index in [1.54, 1.807) is 18.2 Å². The first-order chi connectivity index (χ1) is 8.97. The Balaban J connectivity index is 2.03. The molecule has 1 amide bonds. The van der Waals surface area contributed by atoms with E-state index in [9.17, 15) is 13.2 Å². The predicted molar refractivity (Wildman–Crippen MR) is 71.7 cm³/mol. The molecule has 19 heavy (non-hydrogen) atoms. The van der Waals surface area contributed by atoms with Crippen LogP contribution in [0.15, 0.2) is 35.2 Å². The van der Waals surface area contributed by atoms with Gasteiger partial charge in [-0.2, -0.15) is 0 Å². The van der Waals surface area contributed by atoms with Gasteiger partial charge in [-0.15, -0.1) is 0 Å². The maximum absolute atomic E-state index is 12.0. The monoisotopic (exact) mass is 282 g/mol. The van der Waals surface area contributed by atoms with Gasteiger partial charge in [-0.05, 0) is 36.9 Å². The molecule has 1 aromatic rings. The van der Waals surface area contributed by atoms with Crippen molar-refractivity contribution in [3.05, 3.63) is 30.3 Å². The van der Waals surface area contributed by atoms with E-state index in [-0.39, 0.29) is 16.7 Å². The minimum atomic E-state index is -3.76. The van der Waals surface area contributed by atoms with Gasteiger partial charge in [0.2, 0.25) is 5.91 Å². The van der Waals surface area contributed by atoms with Crippen molar-refractivity contribution in [1.82, 2.24) is 4.72 Å². The average molecular weight is 282 g/mol. The van der Waals surface area contributed by atoms with Crippen molar-refractivity contribution in [2.75, 3.05) is 6.54 Å². The average Bonchev–Trinajstić information content (AvgIpc) is 2.34. The summed E-state index contributed by atoms with van der Waals surface area (Å²) < 4.78 is 26.0. The van der Waals surface area contributed by atoms with E-state index >= 15 is 0 Å². The number of nitrogens with one attached hydrogen (secondary N) is 1. The molecular formula is C13H18N2O3S. The summed E-state index contributed by atoms with van der Waals surface area (Å²) in [5.41, 5.74) is 5.46. The van der Waals surface area contributed by atoms with E-state index in [4.69, 9.17) is 5.73 Å². The quantitative estimate of drug-likeness (QED) is 0.843. The lowest BCUT2D eigenvalue weighted by molar-refractivity contribution is -0.122. The molecule has 0 spiro atoms. The van der Waals surface area contributed by atoms with Crippen molar-refractivity contribution in [1.29, 1.82) is 0 Å². The Morgan fingerprint density at radius 2 is 1.89 bits per heavy atom. The zero-order valence-corrected chi connectivity index (χ0v) is 11.4. The summed E-state index contributed by atoms with van der Waals surface area (Å²) in [5.74, 6) is -0.478. The lowest BCUT2D eigenvalue weighted by atomic mass is 9.66. The Kier molecular flexibility index (Phi) is 3.91. The van der Waals surface area contributed by atoms with Crippen LogP contribution in [0.2, 0.25) is 0 Å². The number of rotatable bonds is 5. The van der Waals surface area contributed by atoms with Crippen molar-refractivity contribution in [2.45, 2.75) is 30.6 Å². The second-order valence-corrected chi connectivity index (χ2v) is 6.76. The number of hydrogen-bond acceptors (Lipinski definition) is 4. The number of nitrogens with two attached hydrogens (primary N) is 1. The van der Waals surface area contributed by atoms with Crippen molar-refractivity contribution >= 4 is 15.9 Å². The van der Waals surface area contributed by atoms with Gasteiger partial charge < -0.3 is 5.73 Å². The van der Waals surface area contributed by atoms with E-state index in [1.165, 1.54) is 12.1 Å². The predicted octanol–water partition coefficient (Wildman–Crippen LogP) is 1.01. The van der Waals surface area contributed by atoms with Gasteiger partial charge >= 0.3 is 0 Å². The number of hydrogen-bond donors (Lipinski definition) is 2. The molecule has 1 aliphatic carbocycles. The van der Waals surface area contributed by atoms with Gasteiger partial charge in [0.05, 0.1) is 4.90 Å². The summed E-state index contributed by atoms with van der Waals surface area (Å²) in [6.45, 7) is 0.422. The highest BCUT2D eigenvalue weighted by molar-refractivity contribution is 7.90. The number of carbonyl (C=O) groups is 1. The summed E-state index contributed by atoms with van der Waals surface area (Å²) >= 11 is 0. The first-order valence-electron chi connectivity index (χ1n) is 6.28. The van der Waals surface area contributed by atoms with E-state index in [1.807, 2.05) is 0 Å². The van der Waals surface area contributed by atoms with Gasteiger partial charge in [-0.25, -0.2) is 13.1 Å². The van der Waals surface area contributed by atoms with Crippen molar-refractivity contribution in [3.8, 4) is 0 Å². The molecule has 3 N–H and O–H groups in total. The zero-order valence-electron chi connectivity index (χ0n) is 10.6. The normalized spacial score (nSPS) is 17.5. The van der Waals surface area contributed by atoms with Gasteiger partial charge in [-0.3, -0.25) is 4.79 Å². The number of sulfonamides is 1. The molecular weight excluding hydrogens is 264 g/mol. The van der Waals surface area contributed by atoms with E-state index < -0.39 is 15.9 Å². The van der Waals surface area contributed by atoms with Crippen LogP contribution in [0.3, 0.4) is 0 Å². The number of carbonyl (C=O) groups excluding carboxylic acids is 1. The fraction of sp³-hybridized carbons (Fsp3) is 0.462. The molecule has 1 aromatic carbocycles. The van der Waals surface area contributed by atoms with E-state index in [2.05, 4.69) is 4.72 Å².